The lowest BCUT2D eigenvalue weighted by Gasteiger charge is -2.36. The molecule has 0 aromatic heterocycles. The molecule has 2 rings (SSSR count). The molecule has 4 heteroatoms. The minimum absolute atomic E-state index is 0.174. The number of anilines is 1. The molecule has 0 aliphatic carbocycles. The van der Waals surface area contributed by atoms with Gasteiger partial charge in [0.25, 0.3) is 0 Å². The van der Waals surface area contributed by atoms with Crippen molar-refractivity contribution in [3.05, 3.63) is 30.3 Å². The Balaban J connectivity index is 1.74. The minimum Gasteiger partial charge on any atom is -0.481 e. The van der Waals surface area contributed by atoms with Crippen molar-refractivity contribution in [1.29, 1.82) is 0 Å². The molecule has 1 atom stereocenters. The van der Waals surface area contributed by atoms with Gasteiger partial charge in [0.1, 0.15) is 0 Å². The van der Waals surface area contributed by atoms with Crippen molar-refractivity contribution in [2.45, 2.75) is 32.6 Å². The van der Waals surface area contributed by atoms with Crippen molar-refractivity contribution in [2.75, 3.05) is 37.6 Å². The largest absolute Gasteiger partial charge is 0.481 e. The second-order valence-corrected chi connectivity index (χ2v) is 6.13. The molecule has 0 radical (unpaired) electrons. The quantitative estimate of drug-likeness (QED) is 0.801. The van der Waals surface area contributed by atoms with E-state index in [0.717, 1.165) is 58.4 Å². The van der Waals surface area contributed by atoms with Gasteiger partial charge < -0.3 is 10.0 Å². The summed E-state index contributed by atoms with van der Waals surface area (Å²) in [4.78, 5) is 16.1. The van der Waals surface area contributed by atoms with Crippen molar-refractivity contribution in [3.63, 3.8) is 0 Å². The molecule has 1 aliphatic rings. The van der Waals surface area contributed by atoms with Crippen LogP contribution in [0.1, 0.15) is 32.6 Å². The number of carbonyl (C=O) groups is 1. The number of benzene rings is 1. The van der Waals surface area contributed by atoms with Crippen LogP contribution >= 0.6 is 0 Å². The summed E-state index contributed by atoms with van der Waals surface area (Å²) in [5.74, 6) is -0.802. The van der Waals surface area contributed by atoms with E-state index in [9.17, 15) is 9.90 Å². The molecule has 0 spiro atoms. The maximum atomic E-state index is 11.3. The predicted molar refractivity (Wildman–Crippen MR) is 90.4 cm³/mol. The van der Waals surface area contributed by atoms with E-state index in [2.05, 4.69) is 41.0 Å². The molecule has 0 saturated carbocycles. The lowest BCUT2D eigenvalue weighted by Crippen LogP contribution is -2.47. The molecular formula is C18H28N2O2. The maximum Gasteiger partial charge on any atom is 0.306 e. The normalized spacial score (nSPS) is 17.4. The zero-order valence-electron chi connectivity index (χ0n) is 13.6. The third-order valence-corrected chi connectivity index (χ3v) is 4.54. The zero-order chi connectivity index (χ0) is 15.8. The van der Waals surface area contributed by atoms with Gasteiger partial charge in [0.15, 0.2) is 0 Å². The van der Waals surface area contributed by atoms with Crippen molar-refractivity contribution < 1.29 is 9.90 Å². The number of rotatable bonds is 8. The SMILES string of the molecule is CCCCC(CCN1CCN(c2ccccc2)CC1)C(=O)O. The van der Waals surface area contributed by atoms with Crippen LogP contribution in [0.3, 0.4) is 0 Å². The fourth-order valence-electron chi connectivity index (χ4n) is 3.05. The number of aliphatic carboxylic acids is 1. The van der Waals surface area contributed by atoms with Gasteiger partial charge in [0, 0.05) is 31.9 Å². The van der Waals surface area contributed by atoms with Crippen LogP contribution in [0.15, 0.2) is 30.3 Å². The molecule has 22 heavy (non-hydrogen) atoms. The Hall–Kier alpha value is -1.55. The number of nitrogens with zero attached hydrogens (tertiary/aromatic N) is 2. The Morgan fingerprint density at radius 2 is 1.82 bits per heavy atom. The van der Waals surface area contributed by atoms with Crippen molar-refractivity contribution >= 4 is 11.7 Å². The lowest BCUT2D eigenvalue weighted by atomic mass is 9.98. The standard InChI is InChI=1S/C18H28N2O2/c1-2-3-7-16(18(21)22)10-11-19-12-14-20(15-13-19)17-8-5-4-6-9-17/h4-6,8-9,16H,2-3,7,10-15H2,1H3,(H,21,22). The molecule has 1 fully saturated rings. The summed E-state index contributed by atoms with van der Waals surface area (Å²) >= 11 is 0. The molecule has 122 valence electrons. The van der Waals surface area contributed by atoms with E-state index in [1.165, 1.54) is 5.69 Å². The summed E-state index contributed by atoms with van der Waals surface area (Å²) in [7, 11) is 0. The van der Waals surface area contributed by atoms with Crippen molar-refractivity contribution in [1.82, 2.24) is 4.90 Å². The molecular weight excluding hydrogens is 276 g/mol. The van der Waals surface area contributed by atoms with Gasteiger partial charge in [-0.3, -0.25) is 9.69 Å². The highest BCUT2D eigenvalue weighted by molar-refractivity contribution is 5.69. The van der Waals surface area contributed by atoms with E-state index >= 15 is 0 Å². The van der Waals surface area contributed by atoms with Crippen LogP contribution in [0, 0.1) is 5.92 Å². The molecule has 1 aromatic carbocycles. The number of para-hydroxylation sites is 1. The molecule has 1 aliphatic heterocycles. The second kappa shape index (κ2) is 8.79. The van der Waals surface area contributed by atoms with E-state index in [1.807, 2.05) is 6.07 Å². The summed E-state index contributed by atoms with van der Waals surface area (Å²) < 4.78 is 0. The van der Waals surface area contributed by atoms with E-state index < -0.39 is 5.97 Å². The van der Waals surface area contributed by atoms with Crippen LogP contribution in [0.25, 0.3) is 0 Å². The number of carboxylic acid groups (broad SMARTS) is 1. The van der Waals surface area contributed by atoms with Gasteiger partial charge in [-0.2, -0.15) is 0 Å². The Kier molecular flexibility index (Phi) is 6.72. The number of hydrogen-bond donors (Lipinski definition) is 1. The van der Waals surface area contributed by atoms with Gasteiger partial charge >= 0.3 is 5.97 Å². The van der Waals surface area contributed by atoms with Crippen LogP contribution < -0.4 is 4.90 Å². The predicted octanol–water partition coefficient (Wildman–Crippen LogP) is 3.09. The summed E-state index contributed by atoms with van der Waals surface area (Å²) in [6, 6.07) is 10.5. The first-order valence-corrected chi connectivity index (χ1v) is 8.46. The fraction of sp³-hybridized carbons (Fsp3) is 0.611. The lowest BCUT2D eigenvalue weighted by molar-refractivity contribution is -0.142. The number of carboxylic acids is 1. The highest BCUT2D eigenvalue weighted by Gasteiger charge is 2.21. The summed E-state index contributed by atoms with van der Waals surface area (Å²) in [5.41, 5.74) is 1.29. The van der Waals surface area contributed by atoms with Crippen LogP contribution in [0.2, 0.25) is 0 Å². The molecule has 1 saturated heterocycles. The molecule has 1 aromatic rings. The zero-order valence-corrected chi connectivity index (χ0v) is 13.6. The number of hydrogen-bond acceptors (Lipinski definition) is 3. The van der Waals surface area contributed by atoms with Crippen LogP contribution in [0.4, 0.5) is 5.69 Å². The van der Waals surface area contributed by atoms with E-state index in [4.69, 9.17) is 0 Å². The topological polar surface area (TPSA) is 43.8 Å². The summed E-state index contributed by atoms with van der Waals surface area (Å²) in [6.45, 7) is 7.11. The van der Waals surface area contributed by atoms with Gasteiger partial charge in [-0.1, -0.05) is 38.0 Å². The molecule has 1 N–H and O–H groups in total. The third-order valence-electron chi connectivity index (χ3n) is 4.54. The summed E-state index contributed by atoms with van der Waals surface area (Å²) in [5, 5.41) is 9.29. The first-order valence-electron chi connectivity index (χ1n) is 8.46. The molecule has 0 bridgehead atoms. The van der Waals surface area contributed by atoms with Crippen LogP contribution in [-0.4, -0.2) is 48.7 Å². The highest BCUT2D eigenvalue weighted by atomic mass is 16.4. The maximum absolute atomic E-state index is 11.3. The van der Waals surface area contributed by atoms with Gasteiger partial charge in [0.05, 0.1) is 5.92 Å². The van der Waals surface area contributed by atoms with Crippen LogP contribution in [0.5, 0.6) is 0 Å². The average Bonchev–Trinajstić information content (AvgIpc) is 2.56. The number of unbranched alkanes of at least 4 members (excludes halogenated alkanes) is 1. The van der Waals surface area contributed by atoms with Crippen molar-refractivity contribution in [3.8, 4) is 0 Å². The van der Waals surface area contributed by atoms with E-state index in [1.54, 1.807) is 0 Å². The number of piperazine rings is 1. The van der Waals surface area contributed by atoms with E-state index in [-0.39, 0.29) is 5.92 Å². The first kappa shape index (κ1) is 16.8. The highest BCUT2D eigenvalue weighted by Crippen LogP contribution is 2.18. The van der Waals surface area contributed by atoms with Gasteiger partial charge in [-0.15, -0.1) is 0 Å². The van der Waals surface area contributed by atoms with Gasteiger partial charge in [0.2, 0.25) is 0 Å². The molecule has 4 nitrogen and oxygen atoms in total. The Morgan fingerprint density at radius 3 is 2.41 bits per heavy atom. The first-order chi connectivity index (χ1) is 10.7. The second-order valence-electron chi connectivity index (χ2n) is 6.13. The Morgan fingerprint density at radius 1 is 1.14 bits per heavy atom. The molecule has 0 amide bonds. The van der Waals surface area contributed by atoms with Crippen molar-refractivity contribution in [2.24, 2.45) is 5.92 Å². The van der Waals surface area contributed by atoms with Gasteiger partial charge in [-0.25, -0.2) is 0 Å². The molecule has 1 heterocycles. The van der Waals surface area contributed by atoms with Crippen LogP contribution in [-0.2, 0) is 4.79 Å². The average molecular weight is 304 g/mol. The summed E-state index contributed by atoms with van der Waals surface area (Å²) in [6.07, 6.45) is 3.68. The Bertz CT molecular complexity index is 442. The third kappa shape index (κ3) is 5.02. The fourth-order valence-corrected chi connectivity index (χ4v) is 3.05. The monoisotopic (exact) mass is 304 g/mol. The molecule has 1 unspecified atom stereocenters. The Labute approximate surface area is 133 Å². The minimum atomic E-state index is -0.628. The van der Waals surface area contributed by atoms with Gasteiger partial charge in [-0.05, 0) is 31.5 Å². The smallest absolute Gasteiger partial charge is 0.306 e. The van der Waals surface area contributed by atoms with E-state index in [0.29, 0.717) is 0 Å².